The molecule has 3 amide bonds. The Hall–Kier alpha value is -2.57. The molecule has 0 bridgehead atoms. The van der Waals surface area contributed by atoms with E-state index in [0.29, 0.717) is 5.56 Å². The van der Waals surface area contributed by atoms with Crippen LogP contribution >= 0.6 is 0 Å². The van der Waals surface area contributed by atoms with Gasteiger partial charge in [0.05, 0.1) is 13.1 Å². The van der Waals surface area contributed by atoms with Crippen LogP contribution in [0.4, 0.5) is 5.69 Å². The Morgan fingerprint density at radius 1 is 1.07 bits per heavy atom. The summed E-state index contributed by atoms with van der Waals surface area (Å²) in [6.07, 6.45) is 2.13. The number of hydrogen-bond acceptors (Lipinski definition) is 4. The highest BCUT2D eigenvalue weighted by atomic mass is 16.2. The Bertz CT molecular complexity index is 673. The monoisotopic (exact) mass is 374 g/mol. The highest BCUT2D eigenvalue weighted by Crippen LogP contribution is 2.15. The lowest BCUT2D eigenvalue weighted by Crippen LogP contribution is -2.47. The molecule has 0 radical (unpaired) electrons. The summed E-state index contributed by atoms with van der Waals surface area (Å²) in [7, 11) is 1.60. The van der Waals surface area contributed by atoms with Gasteiger partial charge in [-0.3, -0.25) is 14.4 Å². The van der Waals surface area contributed by atoms with Crippen molar-refractivity contribution in [3.05, 3.63) is 29.8 Å². The minimum absolute atomic E-state index is 0.0149. The maximum absolute atomic E-state index is 12.3. The van der Waals surface area contributed by atoms with Crippen molar-refractivity contribution in [3.63, 3.8) is 0 Å². The standard InChI is InChI=1S/C20H30N4O3/c1-20(2,3)22-17(25)14-23(4)18(26)13-21-16-9-7-15(8-10-16)19(27)24-11-5-6-12-24/h7-10,21H,5-6,11-14H2,1-4H3,(H,22,25). The van der Waals surface area contributed by atoms with E-state index in [-0.39, 0.29) is 36.3 Å². The normalized spacial score (nSPS) is 14.0. The van der Waals surface area contributed by atoms with Gasteiger partial charge in [0.1, 0.15) is 0 Å². The van der Waals surface area contributed by atoms with Crippen LogP contribution < -0.4 is 10.6 Å². The Kier molecular flexibility index (Phi) is 6.82. The van der Waals surface area contributed by atoms with Crippen LogP contribution in [-0.2, 0) is 9.59 Å². The molecular weight excluding hydrogens is 344 g/mol. The lowest BCUT2D eigenvalue weighted by molar-refractivity contribution is -0.133. The predicted octanol–water partition coefficient (Wildman–Crippen LogP) is 1.71. The maximum Gasteiger partial charge on any atom is 0.253 e. The highest BCUT2D eigenvalue weighted by molar-refractivity contribution is 5.94. The summed E-state index contributed by atoms with van der Waals surface area (Å²) >= 11 is 0. The minimum Gasteiger partial charge on any atom is -0.376 e. The lowest BCUT2D eigenvalue weighted by Gasteiger charge is -2.23. The molecule has 0 aromatic heterocycles. The average molecular weight is 374 g/mol. The third-order valence-electron chi connectivity index (χ3n) is 4.29. The predicted molar refractivity (Wildman–Crippen MR) is 106 cm³/mol. The summed E-state index contributed by atoms with van der Waals surface area (Å²) in [5, 5.41) is 5.86. The van der Waals surface area contributed by atoms with Crippen LogP contribution in [0.1, 0.15) is 44.0 Å². The number of likely N-dealkylation sites (tertiary alicyclic amines) is 1. The van der Waals surface area contributed by atoms with Crippen molar-refractivity contribution in [2.75, 3.05) is 38.5 Å². The van der Waals surface area contributed by atoms with Crippen molar-refractivity contribution >= 4 is 23.4 Å². The van der Waals surface area contributed by atoms with Gasteiger partial charge in [-0.05, 0) is 57.9 Å². The average Bonchev–Trinajstić information content (AvgIpc) is 3.12. The molecule has 0 spiro atoms. The number of benzene rings is 1. The van der Waals surface area contributed by atoms with E-state index >= 15 is 0 Å². The van der Waals surface area contributed by atoms with Gasteiger partial charge in [0.2, 0.25) is 11.8 Å². The highest BCUT2D eigenvalue weighted by Gasteiger charge is 2.20. The number of nitrogens with zero attached hydrogens (tertiary/aromatic N) is 2. The summed E-state index contributed by atoms with van der Waals surface area (Å²) in [6, 6.07) is 7.13. The first-order chi connectivity index (χ1) is 12.7. The number of anilines is 1. The molecule has 27 heavy (non-hydrogen) atoms. The zero-order chi connectivity index (χ0) is 20.0. The molecule has 1 saturated heterocycles. The molecule has 7 nitrogen and oxygen atoms in total. The Morgan fingerprint density at radius 2 is 1.67 bits per heavy atom. The third-order valence-corrected chi connectivity index (χ3v) is 4.29. The van der Waals surface area contributed by atoms with E-state index < -0.39 is 0 Å². The first-order valence-corrected chi connectivity index (χ1v) is 9.34. The molecule has 0 aliphatic carbocycles. The molecule has 7 heteroatoms. The van der Waals surface area contributed by atoms with Crippen LogP contribution in [-0.4, -0.2) is 66.3 Å². The molecule has 0 unspecified atom stereocenters. The first kappa shape index (κ1) is 20.7. The van der Waals surface area contributed by atoms with Crippen LogP contribution in [0.15, 0.2) is 24.3 Å². The Labute approximate surface area is 161 Å². The molecule has 2 N–H and O–H groups in total. The SMILES string of the molecule is CN(CC(=O)NC(C)(C)C)C(=O)CNc1ccc(C(=O)N2CCCC2)cc1. The second-order valence-electron chi connectivity index (χ2n) is 7.98. The third kappa shape index (κ3) is 6.58. The van der Waals surface area contributed by atoms with E-state index in [4.69, 9.17) is 0 Å². The van der Waals surface area contributed by atoms with Gasteiger partial charge in [-0.2, -0.15) is 0 Å². The van der Waals surface area contributed by atoms with E-state index in [2.05, 4.69) is 10.6 Å². The molecule has 1 aliphatic heterocycles. The second kappa shape index (κ2) is 8.88. The van der Waals surface area contributed by atoms with E-state index in [1.165, 1.54) is 4.90 Å². The fourth-order valence-electron chi connectivity index (χ4n) is 2.91. The fourth-order valence-corrected chi connectivity index (χ4v) is 2.91. The minimum atomic E-state index is -0.326. The molecule has 2 rings (SSSR count). The Balaban J connectivity index is 1.80. The molecule has 1 aromatic carbocycles. The molecule has 1 heterocycles. The van der Waals surface area contributed by atoms with E-state index in [1.807, 2.05) is 25.7 Å². The van der Waals surface area contributed by atoms with Crippen molar-refractivity contribution in [3.8, 4) is 0 Å². The quantitative estimate of drug-likeness (QED) is 0.794. The van der Waals surface area contributed by atoms with Gasteiger partial charge in [0, 0.05) is 36.9 Å². The van der Waals surface area contributed by atoms with Crippen molar-refractivity contribution in [1.82, 2.24) is 15.1 Å². The molecule has 1 aromatic rings. The van der Waals surface area contributed by atoms with E-state index in [1.54, 1.807) is 31.3 Å². The van der Waals surface area contributed by atoms with Crippen molar-refractivity contribution in [2.24, 2.45) is 0 Å². The Morgan fingerprint density at radius 3 is 2.22 bits per heavy atom. The van der Waals surface area contributed by atoms with E-state index in [0.717, 1.165) is 31.6 Å². The number of rotatable bonds is 6. The second-order valence-corrected chi connectivity index (χ2v) is 7.98. The topological polar surface area (TPSA) is 81.8 Å². The molecule has 0 atom stereocenters. The molecule has 1 aliphatic rings. The number of carbonyl (C=O) groups is 3. The summed E-state index contributed by atoms with van der Waals surface area (Å²) in [5.74, 6) is -0.320. The van der Waals surface area contributed by atoms with Crippen LogP contribution in [0.5, 0.6) is 0 Å². The summed E-state index contributed by atoms with van der Waals surface area (Å²) in [5.41, 5.74) is 1.09. The molecule has 148 valence electrons. The van der Waals surface area contributed by atoms with Gasteiger partial charge in [0.25, 0.3) is 5.91 Å². The molecule has 0 saturated carbocycles. The van der Waals surface area contributed by atoms with Crippen molar-refractivity contribution < 1.29 is 14.4 Å². The van der Waals surface area contributed by atoms with Crippen LogP contribution in [0.3, 0.4) is 0 Å². The fraction of sp³-hybridized carbons (Fsp3) is 0.550. The summed E-state index contributed by atoms with van der Waals surface area (Å²) in [4.78, 5) is 39.7. The van der Waals surface area contributed by atoms with E-state index in [9.17, 15) is 14.4 Å². The zero-order valence-electron chi connectivity index (χ0n) is 16.7. The van der Waals surface area contributed by atoms with Crippen LogP contribution in [0.25, 0.3) is 0 Å². The smallest absolute Gasteiger partial charge is 0.253 e. The number of hydrogen-bond donors (Lipinski definition) is 2. The van der Waals surface area contributed by atoms with Gasteiger partial charge in [0.15, 0.2) is 0 Å². The summed E-state index contributed by atoms with van der Waals surface area (Å²) in [6.45, 7) is 7.43. The number of amides is 3. The van der Waals surface area contributed by atoms with Crippen molar-refractivity contribution in [2.45, 2.75) is 39.2 Å². The van der Waals surface area contributed by atoms with Crippen LogP contribution in [0.2, 0.25) is 0 Å². The van der Waals surface area contributed by atoms with Gasteiger partial charge in [-0.25, -0.2) is 0 Å². The van der Waals surface area contributed by atoms with Gasteiger partial charge in [-0.15, -0.1) is 0 Å². The van der Waals surface area contributed by atoms with Gasteiger partial charge >= 0.3 is 0 Å². The summed E-state index contributed by atoms with van der Waals surface area (Å²) < 4.78 is 0. The van der Waals surface area contributed by atoms with Gasteiger partial charge in [-0.1, -0.05) is 0 Å². The van der Waals surface area contributed by atoms with Crippen molar-refractivity contribution in [1.29, 1.82) is 0 Å². The molecule has 1 fully saturated rings. The molecular formula is C20H30N4O3. The lowest BCUT2D eigenvalue weighted by atomic mass is 10.1. The zero-order valence-corrected chi connectivity index (χ0v) is 16.7. The largest absolute Gasteiger partial charge is 0.376 e. The number of carbonyl (C=O) groups excluding carboxylic acids is 3. The van der Waals surface area contributed by atoms with Crippen LogP contribution in [0, 0.1) is 0 Å². The van der Waals surface area contributed by atoms with Gasteiger partial charge < -0.3 is 20.4 Å². The first-order valence-electron chi connectivity index (χ1n) is 9.34. The maximum atomic E-state index is 12.3. The number of likely N-dealkylation sites (N-methyl/N-ethyl adjacent to an activating group) is 1. The number of nitrogens with one attached hydrogen (secondary N) is 2.